The number of hydrogen-bond acceptors (Lipinski definition) is 3. The van der Waals surface area contributed by atoms with Gasteiger partial charge in [0, 0.05) is 0 Å². The van der Waals surface area contributed by atoms with E-state index in [-0.39, 0.29) is 17.2 Å². The van der Waals surface area contributed by atoms with Crippen LogP contribution >= 0.6 is 11.6 Å². The molecule has 0 aliphatic rings. The van der Waals surface area contributed by atoms with Crippen LogP contribution in [0.25, 0.3) is 0 Å². The van der Waals surface area contributed by atoms with Gasteiger partial charge in [0.2, 0.25) is 0 Å². The van der Waals surface area contributed by atoms with Gasteiger partial charge >= 0.3 is 5.97 Å². The molecule has 0 heterocycles. The van der Waals surface area contributed by atoms with Gasteiger partial charge in [-0.15, -0.1) is 0 Å². The normalized spacial score (nSPS) is 10.1. The second kappa shape index (κ2) is 3.75. The van der Waals surface area contributed by atoms with E-state index >= 15 is 0 Å². The predicted molar refractivity (Wildman–Crippen MR) is 50.9 cm³/mol. The monoisotopic (exact) mass is 216 g/mol. The Bertz CT molecular complexity index is 387. The van der Waals surface area contributed by atoms with E-state index < -0.39 is 11.7 Å². The van der Waals surface area contributed by atoms with Crippen LogP contribution < -0.4 is 0 Å². The number of carbonyl (C=O) groups is 1. The number of rotatable bonds is 2. The second-order valence-corrected chi connectivity index (χ2v) is 3.30. The van der Waals surface area contributed by atoms with Crippen molar-refractivity contribution in [2.24, 2.45) is 0 Å². The van der Waals surface area contributed by atoms with Crippen molar-refractivity contribution in [2.75, 3.05) is 0 Å². The second-order valence-electron chi connectivity index (χ2n) is 2.92. The molecule has 0 fully saturated rings. The van der Waals surface area contributed by atoms with Crippen LogP contribution in [0.1, 0.15) is 11.1 Å². The summed E-state index contributed by atoms with van der Waals surface area (Å²) in [4.78, 5) is 10.5. The third kappa shape index (κ3) is 1.90. The summed E-state index contributed by atoms with van der Waals surface area (Å²) in [5.74, 6) is -1.87. The number of phenolic OH excluding ortho intramolecular Hbond substituents is 2. The smallest absolute Gasteiger partial charge is 0.307 e. The molecule has 5 heteroatoms. The maximum atomic E-state index is 10.5. The number of benzene rings is 1. The Balaban J connectivity index is 3.29. The summed E-state index contributed by atoms with van der Waals surface area (Å²) < 4.78 is 0. The third-order valence-electron chi connectivity index (χ3n) is 1.87. The van der Waals surface area contributed by atoms with Crippen LogP contribution in [0.2, 0.25) is 5.02 Å². The number of aliphatic carboxylic acids is 1. The fourth-order valence-corrected chi connectivity index (χ4v) is 1.47. The molecule has 0 spiro atoms. The van der Waals surface area contributed by atoms with Gasteiger partial charge < -0.3 is 15.3 Å². The van der Waals surface area contributed by atoms with E-state index in [0.29, 0.717) is 11.1 Å². The molecule has 0 aliphatic carbocycles. The topological polar surface area (TPSA) is 77.8 Å². The molecular weight excluding hydrogens is 208 g/mol. The summed E-state index contributed by atoms with van der Waals surface area (Å²) in [7, 11) is 0. The van der Waals surface area contributed by atoms with Gasteiger partial charge in [0.05, 0.1) is 11.4 Å². The summed E-state index contributed by atoms with van der Waals surface area (Å²) >= 11 is 5.67. The molecule has 1 aromatic rings. The average Bonchev–Trinajstić information content (AvgIpc) is 2.09. The molecule has 0 atom stereocenters. The molecule has 3 N–H and O–H groups in total. The first-order valence-corrected chi connectivity index (χ1v) is 4.23. The highest BCUT2D eigenvalue weighted by Gasteiger charge is 2.15. The van der Waals surface area contributed by atoms with Crippen molar-refractivity contribution in [3.05, 3.63) is 22.2 Å². The van der Waals surface area contributed by atoms with Crippen molar-refractivity contribution >= 4 is 17.6 Å². The van der Waals surface area contributed by atoms with Gasteiger partial charge in [-0.3, -0.25) is 4.79 Å². The lowest BCUT2D eigenvalue weighted by Gasteiger charge is -2.08. The summed E-state index contributed by atoms with van der Waals surface area (Å²) in [5.41, 5.74) is 0.849. The number of aryl methyl sites for hydroxylation is 1. The lowest BCUT2D eigenvalue weighted by molar-refractivity contribution is -0.136. The molecule has 0 aliphatic heterocycles. The number of phenols is 2. The molecular formula is C9H9ClO4. The molecule has 1 rings (SSSR count). The van der Waals surface area contributed by atoms with Gasteiger partial charge in [0.25, 0.3) is 0 Å². The van der Waals surface area contributed by atoms with Gasteiger partial charge in [0.1, 0.15) is 0 Å². The third-order valence-corrected chi connectivity index (χ3v) is 2.28. The fraction of sp³-hybridized carbons (Fsp3) is 0.222. The minimum Gasteiger partial charge on any atom is -0.504 e. The number of carboxylic acids is 1. The summed E-state index contributed by atoms with van der Waals surface area (Å²) in [6.45, 7) is 1.61. The summed E-state index contributed by atoms with van der Waals surface area (Å²) in [6, 6.07) is 1.28. The minimum absolute atomic E-state index is 0.107. The Morgan fingerprint density at radius 1 is 1.50 bits per heavy atom. The molecule has 1 aromatic carbocycles. The lowest BCUT2D eigenvalue weighted by atomic mass is 10.0. The molecule has 14 heavy (non-hydrogen) atoms. The van der Waals surface area contributed by atoms with E-state index in [1.54, 1.807) is 6.92 Å². The maximum Gasteiger partial charge on any atom is 0.307 e. The Kier molecular flexibility index (Phi) is 2.86. The molecule has 0 unspecified atom stereocenters. The highest BCUT2D eigenvalue weighted by atomic mass is 35.5. The van der Waals surface area contributed by atoms with Crippen molar-refractivity contribution < 1.29 is 20.1 Å². The SMILES string of the molecule is Cc1cc(O)c(O)c(Cl)c1CC(=O)O. The van der Waals surface area contributed by atoms with Crippen molar-refractivity contribution in [2.45, 2.75) is 13.3 Å². The predicted octanol–water partition coefficient (Wildman–Crippen LogP) is 1.69. The van der Waals surface area contributed by atoms with E-state index in [2.05, 4.69) is 0 Å². The van der Waals surface area contributed by atoms with E-state index in [1.165, 1.54) is 6.07 Å². The first kappa shape index (κ1) is 10.7. The van der Waals surface area contributed by atoms with E-state index in [0.717, 1.165) is 0 Å². The Morgan fingerprint density at radius 3 is 2.57 bits per heavy atom. The zero-order chi connectivity index (χ0) is 10.9. The van der Waals surface area contributed by atoms with E-state index in [9.17, 15) is 9.90 Å². The van der Waals surface area contributed by atoms with Crippen LogP contribution in [0.15, 0.2) is 6.07 Å². The minimum atomic E-state index is -1.04. The van der Waals surface area contributed by atoms with Crippen LogP contribution in [-0.2, 0) is 11.2 Å². The van der Waals surface area contributed by atoms with E-state index in [1.807, 2.05) is 0 Å². The number of aromatic hydroxyl groups is 2. The summed E-state index contributed by atoms with van der Waals surface area (Å²) in [5, 5.41) is 26.9. The van der Waals surface area contributed by atoms with Gasteiger partial charge in [-0.1, -0.05) is 11.6 Å². The molecule has 0 saturated carbocycles. The highest BCUT2D eigenvalue weighted by Crippen LogP contribution is 2.37. The van der Waals surface area contributed by atoms with Crippen LogP contribution in [0, 0.1) is 6.92 Å². The van der Waals surface area contributed by atoms with Gasteiger partial charge in [-0.05, 0) is 24.1 Å². The Morgan fingerprint density at radius 2 is 2.07 bits per heavy atom. The lowest BCUT2D eigenvalue weighted by Crippen LogP contribution is -2.02. The average molecular weight is 217 g/mol. The van der Waals surface area contributed by atoms with Crippen molar-refractivity contribution in [3.8, 4) is 11.5 Å². The molecule has 0 radical (unpaired) electrons. The molecule has 0 amide bonds. The molecule has 0 saturated heterocycles. The maximum absolute atomic E-state index is 10.5. The molecule has 4 nitrogen and oxygen atoms in total. The zero-order valence-electron chi connectivity index (χ0n) is 7.41. The molecule has 76 valence electrons. The number of carboxylic acid groups (broad SMARTS) is 1. The standard InChI is InChI=1S/C9H9ClO4/c1-4-2-6(11)9(14)8(10)5(4)3-7(12)13/h2,11,14H,3H2,1H3,(H,12,13). The van der Waals surface area contributed by atoms with Crippen LogP contribution in [0.4, 0.5) is 0 Å². The first-order chi connectivity index (χ1) is 6.43. The van der Waals surface area contributed by atoms with Crippen LogP contribution in [0.5, 0.6) is 11.5 Å². The zero-order valence-corrected chi connectivity index (χ0v) is 8.17. The van der Waals surface area contributed by atoms with E-state index in [4.69, 9.17) is 21.8 Å². The largest absolute Gasteiger partial charge is 0.504 e. The molecule has 0 bridgehead atoms. The fourth-order valence-electron chi connectivity index (χ4n) is 1.16. The molecule has 0 aromatic heterocycles. The first-order valence-electron chi connectivity index (χ1n) is 3.85. The van der Waals surface area contributed by atoms with Crippen molar-refractivity contribution in [1.82, 2.24) is 0 Å². The number of hydrogen-bond donors (Lipinski definition) is 3. The highest BCUT2D eigenvalue weighted by molar-refractivity contribution is 6.33. The quantitative estimate of drug-likeness (QED) is 0.658. The van der Waals surface area contributed by atoms with Crippen molar-refractivity contribution in [3.63, 3.8) is 0 Å². The summed E-state index contributed by atoms with van der Waals surface area (Å²) in [6.07, 6.45) is -0.279. The van der Waals surface area contributed by atoms with Crippen LogP contribution in [-0.4, -0.2) is 21.3 Å². The van der Waals surface area contributed by atoms with Gasteiger partial charge in [-0.25, -0.2) is 0 Å². The van der Waals surface area contributed by atoms with Crippen LogP contribution in [0.3, 0.4) is 0 Å². The van der Waals surface area contributed by atoms with Gasteiger partial charge in [0.15, 0.2) is 11.5 Å². The number of halogens is 1. The van der Waals surface area contributed by atoms with Crippen molar-refractivity contribution in [1.29, 1.82) is 0 Å². The Labute approximate surface area is 85.4 Å². The Hall–Kier alpha value is -1.42. The van der Waals surface area contributed by atoms with Gasteiger partial charge in [-0.2, -0.15) is 0 Å².